The zero-order valence-electron chi connectivity index (χ0n) is 16.0. The van der Waals surface area contributed by atoms with Crippen LogP contribution in [0.25, 0.3) is 0 Å². The van der Waals surface area contributed by atoms with Crippen molar-refractivity contribution in [2.45, 2.75) is 12.1 Å². The summed E-state index contributed by atoms with van der Waals surface area (Å²) in [7, 11) is 1.52. The smallest absolute Gasteiger partial charge is 0.323 e. The van der Waals surface area contributed by atoms with Gasteiger partial charge in [0.2, 0.25) is 5.54 Å². The summed E-state index contributed by atoms with van der Waals surface area (Å²) in [6.07, 6.45) is 0. The Morgan fingerprint density at radius 2 is 1.87 bits per heavy atom. The van der Waals surface area contributed by atoms with E-state index in [1.165, 1.54) is 12.0 Å². The van der Waals surface area contributed by atoms with Gasteiger partial charge in [-0.2, -0.15) is 5.26 Å². The van der Waals surface area contributed by atoms with Crippen LogP contribution in [0, 0.1) is 23.2 Å². The topological polar surface area (TPSA) is 112 Å². The SMILES string of the molecule is COc1ccc2c(c1)C(=O)N(C[C@@]1(C#Cc3ccc(C#N)cc3)NC(=O)NC1=O)C2. The van der Waals surface area contributed by atoms with Crippen LogP contribution in [0.5, 0.6) is 5.75 Å². The molecule has 148 valence electrons. The van der Waals surface area contributed by atoms with Crippen molar-refractivity contribution in [2.24, 2.45) is 0 Å². The van der Waals surface area contributed by atoms with Gasteiger partial charge in [-0.05, 0) is 42.0 Å². The van der Waals surface area contributed by atoms with E-state index in [1.54, 1.807) is 42.5 Å². The second-order valence-electron chi connectivity index (χ2n) is 6.94. The summed E-state index contributed by atoms with van der Waals surface area (Å²) in [6.45, 7) is 0.186. The summed E-state index contributed by atoms with van der Waals surface area (Å²) in [5.74, 6) is 5.37. The molecule has 2 aliphatic heterocycles. The second-order valence-corrected chi connectivity index (χ2v) is 6.94. The van der Waals surface area contributed by atoms with E-state index in [1.807, 2.05) is 6.07 Å². The lowest BCUT2D eigenvalue weighted by Gasteiger charge is -2.26. The van der Waals surface area contributed by atoms with Crippen molar-refractivity contribution < 1.29 is 19.1 Å². The highest BCUT2D eigenvalue weighted by Crippen LogP contribution is 2.28. The predicted molar refractivity (Wildman–Crippen MR) is 105 cm³/mol. The Hall–Kier alpha value is -4.30. The molecular weight excluding hydrogens is 384 g/mol. The Balaban J connectivity index is 1.64. The number of nitrogens with zero attached hydrogens (tertiary/aromatic N) is 2. The molecule has 0 unspecified atom stereocenters. The molecule has 4 rings (SSSR count). The van der Waals surface area contributed by atoms with E-state index in [4.69, 9.17) is 10.00 Å². The molecule has 2 aliphatic rings. The summed E-state index contributed by atoms with van der Waals surface area (Å²) < 4.78 is 5.18. The molecule has 8 nitrogen and oxygen atoms in total. The van der Waals surface area contributed by atoms with Crippen LogP contribution in [0.1, 0.15) is 27.0 Å². The highest BCUT2D eigenvalue weighted by Gasteiger charge is 2.48. The summed E-state index contributed by atoms with van der Waals surface area (Å²) in [4.78, 5) is 38.8. The number of ether oxygens (including phenoxy) is 1. The van der Waals surface area contributed by atoms with E-state index in [0.29, 0.717) is 29.0 Å². The number of hydrogen-bond donors (Lipinski definition) is 2. The van der Waals surface area contributed by atoms with Crippen LogP contribution in [0.3, 0.4) is 0 Å². The van der Waals surface area contributed by atoms with Crippen LogP contribution < -0.4 is 15.4 Å². The van der Waals surface area contributed by atoms with Crippen LogP contribution in [-0.4, -0.2) is 41.9 Å². The molecule has 4 amide bonds. The zero-order valence-corrected chi connectivity index (χ0v) is 16.0. The maximum atomic E-state index is 12.9. The lowest BCUT2D eigenvalue weighted by molar-refractivity contribution is -0.122. The Morgan fingerprint density at radius 1 is 1.13 bits per heavy atom. The maximum absolute atomic E-state index is 12.9. The monoisotopic (exact) mass is 400 g/mol. The Kier molecular flexibility index (Phi) is 4.61. The molecule has 2 aromatic rings. The van der Waals surface area contributed by atoms with Gasteiger partial charge in [-0.3, -0.25) is 14.9 Å². The van der Waals surface area contributed by atoms with Crippen molar-refractivity contribution in [1.82, 2.24) is 15.5 Å². The number of imide groups is 1. The highest BCUT2D eigenvalue weighted by molar-refractivity contribution is 6.10. The van der Waals surface area contributed by atoms with Crippen molar-refractivity contribution in [3.05, 3.63) is 64.7 Å². The van der Waals surface area contributed by atoms with Crippen LogP contribution in [0.4, 0.5) is 4.79 Å². The van der Waals surface area contributed by atoms with Gasteiger partial charge in [0.1, 0.15) is 5.75 Å². The molecule has 2 heterocycles. The molecule has 2 N–H and O–H groups in total. The first-order valence-electron chi connectivity index (χ1n) is 9.07. The van der Waals surface area contributed by atoms with Crippen LogP contribution >= 0.6 is 0 Å². The van der Waals surface area contributed by atoms with Crippen molar-refractivity contribution in [1.29, 1.82) is 5.26 Å². The van der Waals surface area contributed by atoms with E-state index in [2.05, 4.69) is 22.5 Å². The molecule has 0 aromatic heterocycles. The van der Waals surface area contributed by atoms with E-state index < -0.39 is 17.5 Å². The minimum atomic E-state index is -1.58. The lowest BCUT2D eigenvalue weighted by Crippen LogP contribution is -2.54. The average molecular weight is 400 g/mol. The number of nitrogens with one attached hydrogen (secondary N) is 2. The van der Waals surface area contributed by atoms with Gasteiger partial charge < -0.3 is 15.0 Å². The number of carbonyl (C=O) groups excluding carboxylic acids is 3. The van der Waals surface area contributed by atoms with Crippen LogP contribution in [0.2, 0.25) is 0 Å². The summed E-state index contributed by atoms with van der Waals surface area (Å²) in [5, 5.41) is 13.7. The zero-order chi connectivity index (χ0) is 21.3. The third kappa shape index (κ3) is 3.31. The molecule has 0 radical (unpaired) electrons. The number of benzene rings is 2. The molecule has 0 aliphatic carbocycles. The van der Waals surface area contributed by atoms with Crippen LogP contribution in [0.15, 0.2) is 42.5 Å². The number of methoxy groups -OCH3 is 1. The summed E-state index contributed by atoms with van der Waals surface area (Å²) >= 11 is 0. The van der Waals surface area contributed by atoms with Gasteiger partial charge in [0, 0.05) is 17.7 Å². The average Bonchev–Trinajstić information content (AvgIpc) is 3.21. The molecule has 8 heteroatoms. The van der Waals surface area contributed by atoms with Gasteiger partial charge in [-0.1, -0.05) is 17.9 Å². The first-order valence-corrected chi connectivity index (χ1v) is 9.07. The molecule has 30 heavy (non-hydrogen) atoms. The number of amides is 4. The van der Waals surface area contributed by atoms with Gasteiger partial charge >= 0.3 is 6.03 Å². The quantitative estimate of drug-likeness (QED) is 0.593. The molecule has 1 fully saturated rings. The Labute approximate surface area is 172 Å². The molecule has 1 atom stereocenters. The third-order valence-electron chi connectivity index (χ3n) is 5.00. The maximum Gasteiger partial charge on any atom is 0.323 e. The number of urea groups is 1. The number of carbonyl (C=O) groups is 3. The van der Waals surface area contributed by atoms with Crippen molar-refractivity contribution in [2.75, 3.05) is 13.7 Å². The normalized spacial score (nSPS) is 19.3. The molecule has 0 saturated carbocycles. The standard InChI is InChI=1S/C22H16N4O4/c1-30-17-7-6-16-12-26(19(27)18(16)10-17)13-22(20(28)24-21(29)25-22)9-8-14-2-4-15(11-23)5-3-14/h2-7,10H,12-13H2,1H3,(H2,24,25,28,29)/t22-/m1/s1. The second kappa shape index (κ2) is 7.26. The number of hydrogen-bond acceptors (Lipinski definition) is 5. The third-order valence-corrected chi connectivity index (χ3v) is 5.00. The fourth-order valence-corrected chi connectivity index (χ4v) is 3.42. The van der Waals surface area contributed by atoms with Crippen molar-refractivity contribution >= 4 is 17.8 Å². The number of rotatable bonds is 3. The van der Waals surface area contributed by atoms with E-state index in [-0.39, 0.29) is 12.5 Å². The Bertz CT molecular complexity index is 1170. The first-order chi connectivity index (χ1) is 14.4. The van der Waals surface area contributed by atoms with E-state index in [9.17, 15) is 14.4 Å². The van der Waals surface area contributed by atoms with E-state index in [0.717, 1.165) is 5.56 Å². The lowest BCUT2D eigenvalue weighted by atomic mass is 9.99. The van der Waals surface area contributed by atoms with Gasteiger partial charge in [0.25, 0.3) is 11.8 Å². The summed E-state index contributed by atoms with van der Waals surface area (Å²) in [5.41, 5.74) is 0.781. The number of nitriles is 1. The molecule has 0 bridgehead atoms. The predicted octanol–water partition coefficient (Wildman–Crippen LogP) is 1.15. The number of fused-ring (bicyclic) bond motifs is 1. The van der Waals surface area contributed by atoms with Gasteiger partial charge in [-0.25, -0.2) is 4.79 Å². The minimum absolute atomic E-state index is 0.107. The fraction of sp³-hybridized carbons (Fsp3) is 0.182. The van der Waals surface area contributed by atoms with Crippen molar-refractivity contribution in [3.63, 3.8) is 0 Å². The van der Waals surface area contributed by atoms with E-state index >= 15 is 0 Å². The fourth-order valence-electron chi connectivity index (χ4n) is 3.42. The van der Waals surface area contributed by atoms with Crippen molar-refractivity contribution in [3.8, 4) is 23.7 Å². The highest BCUT2D eigenvalue weighted by atomic mass is 16.5. The first kappa shape index (κ1) is 19.0. The largest absolute Gasteiger partial charge is 0.497 e. The van der Waals surface area contributed by atoms with Crippen LogP contribution in [-0.2, 0) is 11.3 Å². The van der Waals surface area contributed by atoms with Gasteiger partial charge in [-0.15, -0.1) is 0 Å². The summed E-state index contributed by atoms with van der Waals surface area (Å²) in [6, 6.07) is 13.1. The molecule has 2 aromatic carbocycles. The minimum Gasteiger partial charge on any atom is -0.497 e. The Morgan fingerprint density at radius 3 is 2.50 bits per heavy atom. The van der Waals surface area contributed by atoms with Gasteiger partial charge in [0.05, 0.1) is 25.3 Å². The molecule has 1 saturated heterocycles. The molecular formula is C22H16N4O4. The molecule has 0 spiro atoms. The van der Waals surface area contributed by atoms with Gasteiger partial charge in [0.15, 0.2) is 0 Å².